The van der Waals surface area contributed by atoms with E-state index in [9.17, 15) is 22.4 Å². The summed E-state index contributed by atoms with van der Waals surface area (Å²) in [7, 11) is -3.48. The molecule has 1 saturated carbocycles. The van der Waals surface area contributed by atoms with E-state index in [1.807, 2.05) is 0 Å². The lowest BCUT2D eigenvalue weighted by Gasteiger charge is -2.36. The highest BCUT2D eigenvalue weighted by atomic mass is 35.5. The number of halogens is 2. The van der Waals surface area contributed by atoms with Gasteiger partial charge in [-0.15, -0.1) is 0 Å². The van der Waals surface area contributed by atoms with Crippen molar-refractivity contribution in [3.63, 3.8) is 0 Å². The summed E-state index contributed by atoms with van der Waals surface area (Å²) < 4.78 is 43.3. The lowest BCUT2D eigenvalue weighted by Crippen LogP contribution is -2.51. The fourth-order valence-electron chi connectivity index (χ4n) is 4.87. The Balaban J connectivity index is 1.38. The number of nitrogens with zero attached hydrogens (tertiary/aromatic N) is 1. The predicted molar refractivity (Wildman–Crippen MR) is 123 cm³/mol. The molecule has 1 N–H and O–H groups in total. The fourth-order valence-corrected chi connectivity index (χ4v) is 5.65. The van der Waals surface area contributed by atoms with E-state index in [1.54, 1.807) is 17.0 Å². The maximum absolute atomic E-state index is 14.1. The third-order valence-electron chi connectivity index (χ3n) is 6.89. The minimum Gasteiger partial charge on any atom is -0.381 e. The summed E-state index contributed by atoms with van der Waals surface area (Å²) in [6, 6.07) is 9.15. The van der Waals surface area contributed by atoms with E-state index in [0.717, 1.165) is 12.7 Å². The van der Waals surface area contributed by atoms with Crippen molar-refractivity contribution < 1.29 is 27.1 Å². The van der Waals surface area contributed by atoms with Gasteiger partial charge >= 0.3 is 0 Å². The summed E-state index contributed by atoms with van der Waals surface area (Å²) in [5.74, 6) is -1.01. The molecule has 2 saturated heterocycles. The zero-order chi connectivity index (χ0) is 24.2. The van der Waals surface area contributed by atoms with Crippen LogP contribution in [0, 0.1) is 17.7 Å². The summed E-state index contributed by atoms with van der Waals surface area (Å²) >= 11 is 5.83. The first-order valence-electron chi connectivity index (χ1n) is 11.1. The van der Waals surface area contributed by atoms with Gasteiger partial charge in [-0.2, -0.15) is 0 Å². The molecule has 4 atom stereocenters. The fraction of sp³-hybridized carbons (Fsp3) is 0.417. The second-order valence-electron chi connectivity index (χ2n) is 9.28. The topological polar surface area (TPSA) is 92.8 Å². The molecular weight excluding hydrogens is 483 g/mol. The number of ether oxygens (including phenoxy) is 1. The summed E-state index contributed by atoms with van der Waals surface area (Å²) in [6.07, 6.45) is 2.45. The van der Waals surface area contributed by atoms with E-state index in [0.29, 0.717) is 25.2 Å². The number of fused-ring (bicyclic) bond motifs is 1. The van der Waals surface area contributed by atoms with E-state index in [4.69, 9.17) is 16.3 Å². The van der Waals surface area contributed by atoms with Gasteiger partial charge in [0.15, 0.2) is 9.84 Å². The van der Waals surface area contributed by atoms with Crippen LogP contribution in [0.5, 0.6) is 0 Å². The molecule has 7 nitrogen and oxygen atoms in total. The van der Waals surface area contributed by atoms with Crippen molar-refractivity contribution in [3.8, 4) is 0 Å². The average Bonchev–Trinajstić information content (AvgIpc) is 3.42. The molecular formula is C24H24ClFN2O5S. The molecule has 3 fully saturated rings. The molecule has 2 aromatic rings. The van der Waals surface area contributed by atoms with E-state index >= 15 is 0 Å². The second-order valence-corrected chi connectivity index (χ2v) is 11.7. The van der Waals surface area contributed by atoms with Gasteiger partial charge in [0.2, 0.25) is 5.91 Å². The molecule has 5 rings (SSSR count). The first-order chi connectivity index (χ1) is 16.1. The van der Waals surface area contributed by atoms with Gasteiger partial charge in [-0.25, -0.2) is 12.8 Å². The Morgan fingerprint density at radius 1 is 1.18 bits per heavy atom. The van der Waals surface area contributed by atoms with Crippen LogP contribution < -0.4 is 5.32 Å². The third kappa shape index (κ3) is 4.32. The van der Waals surface area contributed by atoms with Crippen molar-refractivity contribution in [2.45, 2.75) is 35.9 Å². The number of carbonyl (C=O) groups excluding carboxylic acids is 2. The molecule has 34 heavy (non-hydrogen) atoms. The van der Waals surface area contributed by atoms with Gasteiger partial charge in [0.25, 0.3) is 5.91 Å². The highest BCUT2D eigenvalue weighted by Crippen LogP contribution is 2.48. The Morgan fingerprint density at radius 2 is 1.94 bits per heavy atom. The number of sulfone groups is 1. The first-order valence-corrected chi connectivity index (χ1v) is 13.4. The van der Waals surface area contributed by atoms with Gasteiger partial charge in [-0.3, -0.25) is 9.59 Å². The number of hydrogen-bond donors (Lipinski definition) is 1. The molecule has 3 aliphatic rings. The van der Waals surface area contributed by atoms with Gasteiger partial charge < -0.3 is 15.0 Å². The quantitative estimate of drug-likeness (QED) is 0.650. The molecule has 0 radical (unpaired) electrons. The smallest absolute Gasteiger partial charge is 0.254 e. The Labute approximate surface area is 202 Å². The number of carbonyl (C=O) groups is 2. The average molecular weight is 507 g/mol. The summed E-state index contributed by atoms with van der Waals surface area (Å²) in [4.78, 5) is 28.4. The Hall–Kier alpha value is -2.49. The highest BCUT2D eigenvalue weighted by molar-refractivity contribution is 7.90. The summed E-state index contributed by atoms with van der Waals surface area (Å²) in [6.45, 7) is 0.873. The maximum Gasteiger partial charge on any atom is 0.254 e. The number of amides is 2. The number of likely N-dealkylation sites (tertiary alicyclic amines) is 1. The molecule has 0 aromatic heterocycles. The number of nitrogens with one attached hydrogen (secondary N) is 1. The van der Waals surface area contributed by atoms with Crippen molar-refractivity contribution in [3.05, 3.63) is 64.4 Å². The summed E-state index contributed by atoms with van der Waals surface area (Å²) in [5.41, 5.74) is 0.822. The van der Waals surface area contributed by atoms with Crippen LogP contribution in [0.25, 0.3) is 0 Å². The van der Waals surface area contributed by atoms with Crippen LogP contribution in [0.4, 0.5) is 4.39 Å². The number of rotatable bonds is 6. The van der Waals surface area contributed by atoms with Crippen LogP contribution in [0.3, 0.4) is 0 Å². The highest BCUT2D eigenvalue weighted by Gasteiger charge is 2.56. The SMILES string of the molecule is CS(=O)(=O)c1cccc(C(=O)N2[C@@H](C(=O)N[C@@H](c3ccc(Cl)c(F)c3)C3COC3)C[C@H]3C[C@H]32)c1. The van der Waals surface area contributed by atoms with Crippen LogP contribution in [-0.2, 0) is 19.4 Å². The van der Waals surface area contributed by atoms with Gasteiger partial charge in [-0.1, -0.05) is 23.7 Å². The van der Waals surface area contributed by atoms with E-state index < -0.39 is 27.7 Å². The molecule has 10 heteroatoms. The minimum absolute atomic E-state index is 0.00247. The zero-order valence-electron chi connectivity index (χ0n) is 18.4. The predicted octanol–water partition coefficient (Wildman–Crippen LogP) is 2.99. The molecule has 0 unspecified atom stereocenters. The molecule has 0 bridgehead atoms. The molecule has 2 aromatic carbocycles. The Morgan fingerprint density at radius 3 is 2.59 bits per heavy atom. The van der Waals surface area contributed by atoms with Crippen LogP contribution in [0.15, 0.2) is 47.4 Å². The van der Waals surface area contributed by atoms with Crippen LogP contribution in [0.2, 0.25) is 5.02 Å². The number of hydrogen-bond acceptors (Lipinski definition) is 5. The third-order valence-corrected chi connectivity index (χ3v) is 8.30. The Bertz CT molecular complexity index is 1270. The van der Waals surface area contributed by atoms with Gasteiger partial charge in [-0.05, 0) is 54.7 Å². The number of benzene rings is 2. The molecule has 2 heterocycles. The standard InChI is InChI=1S/C24H24ClFN2O5S/c1-34(31,32)17-4-2-3-14(7-17)24(30)28-20-9-15(20)10-21(28)23(29)27-22(16-11-33-12-16)13-5-6-18(25)19(26)8-13/h2-8,15-16,20-22H,9-12H2,1H3,(H,27,29)/t15-,20-,21-,22+/m1/s1. The van der Waals surface area contributed by atoms with Gasteiger partial charge in [0.1, 0.15) is 11.9 Å². The molecule has 0 spiro atoms. The van der Waals surface area contributed by atoms with Crippen molar-refractivity contribution in [2.75, 3.05) is 19.5 Å². The van der Waals surface area contributed by atoms with E-state index in [-0.39, 0.29) is 45.2 Å². The molecule has 1 aliphatic carbocycles. The second kappa shape index (κ2) is 8.62. The minimum atomic E-state index is -3.48. The number of piperidine rings is 1. The van der Waals surface area contributed by atoms with Gasteiger partial charge in [0.05, 0.1) is 29.2 Å². The maximum atomic E-state index is 14.1. The van der Waals surface area contributed by atoms with Crippen LogP contribution in [0.1, 0.15) is 34.8 Å². The van der Waals surface area contributed by atoms with Crippen molar-refractivity contribution in [1.29, 1.82) is 0 Å². The lowest BCUT2D eigenvalue weighted by atomic mass is 9.91. The van der Waals surface area contributed by atoms with E-state index in [1.165, 1.54) is 30.3 Å². The van der Waals surface area contributed by atoms with Crippen molar-refractivity contribution in [2.24, 2.45) is 11.8 Å². The normalized spacial score (nSPS) is 24.8. The van der Waals surface area contributed by atoms with Crippen molar-refractivity contribution >= 4 is 33.3 Å². The molecule has 180 valence electrons. The van der Waals surface area contributed by atoms with Crippen LogP contribution >= 0.6 is 11.6 Å². The van der Waals surface area contributed by atoms with Crippen molar-refractivity contribution in [1.82, 2.24) is 10.2 Å². The summed E-state index contributed by atoms with van der Waals surface area (Å²) in [5, 5.41) is 3.02. The zero-order valence-corrected chi connectivity index (χ0v) is 20.0. The largest absolute Gasteiger partial charge is 0.381 e. The first kappa shape index (κ1) is 23.3. The molecule has 2 aliphatic heterocycles. The van der Waals surface area contributed by atoms with Crippen LogP contribution in [-0.4, -0.2) is 56.7 Å². The molecule has 2 amide bonds. The Kier molecular flexibility index (Phi) is 5.90. The van der Waals surface area contributed by atoms with E-state index in [2.05, 4.69) is 5.32 Å². The van der Waals surface area contributed by atoms with Gasteiger partial charge in [0, 0.05) is 23.8 Å². The monoisotopic (exact) mass is 506 g/mol. The lowest BCUT2D eigenvalue weighted by molar-refractivity contribution is -0.128.